The normalized spacial score (nSPS) is 11.6. The second-order valence-electron chi connectivity index (χ2n) is 8.15. The van der Waals surface area contributed by atoms with Crippen LogP contribution >= 0.6 is 43.5 Å². The van der Waals surface area contributed by atoms with Crippen molar-refractivity contribution in [2.24, 2.45) is 5.10 Å². The van der Waals surface area contributed by atoms with Crippen molar-refractivity contribution in [2.45, 2.75) is 26.4 Å². The van der Waals surface area contributed by atoms with Gasteiger partial charge in [0.1, 0.15) is 23.3 Å². The van der Waals surface area contributed by atoms with Gasteiger partial charge in [0.2, 0.25) is 0 Å². The summed E-state index contributed by atoms with van der Waals surface area (Å²) in [6.45, 7) is 3.85. The summed E-state index contributed by atoms with van der Waals surface area (Å²) < 4.78 is 27.8. The molecule has 0 aliphatic heterocycles. The molecule has 1 heterocycles. The van der Waals surface area contributed by atoms with Crippen LogP contribution < -0.4 is 15.0 Å². The quantitative estimate of drug-likeness (QED) is 0.200. The number of nitrogens with zero attached hydrogens (tertiary/aromatic N) is 3. The summed E-state index contributed by atoms with van der Waals surface area (Å²) in [4.78, 5) is 17.9. The minimum Gasteiger partial charge on any atom is -0.493 e. The van der Waals surface area contributed by atoms with Gasteiger partial charge in [-0.2, -0.15) is 9.78 Å². The molecule has 0 saturated carbocycles. The first kappa shape index (κ1) is 26.3. The van der Waals surface area contributed by atoms with Crippen LogP contribution in [0.1, 0.15) is 36.7 Å². The van der Waals surface area contributed by atoms with Gasteiger partial charge in [-0.3, -0.25) is 4.79 Å². The molecular formula is C26H21Br2ClFN3O3. The Morgan fingerprint density at radius 2 is 1.94 bits per heavy atom. The smallest absolute Gasteiger partial charge is 0.282 e. The number of aromatic nitrogens is 2. The number of halogens is 4. The van der Waals surface area contributed by atoms with Gasteiger partial charge >= 0.3 is 0 Å². The summed E-state index contributed by atoms with van der Waals surface area (Å²) >= 11 is 13.5. The van der Waals surface area contributed by atoms with Crippen LogP contribution in [0.5, 0.6) is 11.5 Å². The number of benzene rings is 3. The standard InChI is InChI=1S/C26H21Br2ClFN3O3/c1-14(2)25-32-20-9-8-17(27)11-18(20)26(34)33(25)31-12-16-10-21(35-3)24(23(29)22(16)28)36-13-15-6-4-5-7-19(15)30/h4-12,14H,13H2,1-3H3. The van der Waals surface area contributed by atoms with Crippen molar-refractivity contribution in [2.75, 3.05) is 7.11 Å². The van der Waals surface area contributed by atoms with E-state index in [-0.39, 0.29) is 34.7 Å². The van der Waals surface area contributed by atoms with E-state index in [1.165, 1.54) is 24.1 Å². The maximum Gasteiger partial charge on any atom is 0.282 e. The number of fused-ring (bicyclic) bond motifs is 1. The minimum absolute atomic E-state index is 0.0336. The second kappa shape index (κ2) is 11.1. The largest absolute Gasteiger partial charge is 0.493 e. The lowest BCUT2D eigenvalue weighted by molar-refractivity contribution is 0.279. The second-order valence-corrected chi connectivity index (χ2v) is 10.2. The number of rotatable bonds is 7. The van der Waals surface area contributed by atoms with E-state index in [1.807, 2.05) is 19.9 Å². The molecule has 0 amide bonds. The Morgan fingerprint density at radius 1 is 1.19 bits per heavy atom. The maximum absolute atomic E-state index is 14.0. The number of hydrogen-bond donors (Lipinski definition) is 0. The Morgan fingerprint density at radius 3 is 2.64 bits per heavy atom. The highest BCUT2D eigenvalue weighted by molar-refractivity contribution is 9.10. The molecule has 1 aromatic heterocycles. The first-order valence-electron chi connectivity index (χ1n) is 10.9. The summed E-state index contributed by atoms with van der Waals surface area (Å²) in [6.07, 6.45) is 1.50. The molecule has 36 heavy (non-hydrogen) atoms. The van der Waals surface area contributed by atoms with Gasteiger partial charge in [-0.15, -0.1) is 0 Å². The predicted molar refractivity (Wildman–Crippen MR) is 147 cm³/mol. The zero-order valence-corrected chi connectivity index (χ0v) is 23.5. The fraction of sp³-hybridized carbons (Fsp3) is 0.192. The van der Waals surface area contributed by atoms with Crippen LogP contribution in [0, 0.1) is 5.82 Å². The highest BCUT2D eigenvalue weighted by Gasteiger charge is 2.19. The summed E-state index contributed by atoms with van der Waals surface area (Å²) in [7, 11) is 1.48. The van der Waals surface area contributed by atoms with E-state index in [0.717, 1.165) is 4.47 Å². The Hall–Kier alpha value is -2.75. The Balaban J connectivity index is 1.75. The van der Waals surface area contributed by atoms with E-state index in [2.05, 4.69) is 41.9 Å². The van der Waals surface area contributed by atoms with Crippen molar-refractivity contribution in [3.8, 4) is 11.5 Å². The fourth-order valence-corrected chi connectivity index (χ4v) is 4.54. The average Bonchev–Trinajstić information content (AvgIpc) is 2.86. The first-order chi connectivity index (χ1) is 17.2. The lowest BCUT2D eigenvalue weighted by Crippen LogP contribution is -2.23. The lowest BCUT2D eigenvalue weighted by Gasteiger charge is -2.16. The van der Waals surface area contributed by atoms with E-state index >= 15 is 0 Å². The van der Waals surface area contributed by atoms with Gasteiger partial charge in [0.25, 0.3) is 5.56 Å². The molecule has 0 fully saturated rings. The van der Waals surface area contributed by atoms with E-state index in [0.29, 0.717) is 38.1 Å². The molecule has 10 heteroatoms. The molecule has 3 aromatic carbocycles. The van der Waals surface area contributed by atoms with Crippen LogP contribution in [0.15, 0.2) is 67.4 Å². The molecule has 4 rings (SSSR count). The van der Waals surface area contributed by atoms with Crippen molar-refractivity contribution in [3.63, 3.8) is 0 Å². The third-order valence-electron chi connectivity index (χ3n) is 5.37. The molecule has 0 spiro atoms. The Labute approximate surface area is 229 Å². The first-order valence-corrected chi connectivity index (χ1v) is 12.9. The zero-order chi connectivity index (χ0) is 26.0. The van der Waals surface area contributed by atoms with Crippen molar-refractivity contribution in [3.05, 3.63) is 95.6 Å². The number of hydrogen-bond acceptors (Lipinski definition) is 5. The molecule has 0 atom stereocenters. The van der Waals surface area contributed by atoms with Gasteiger partial charge < -0.3 is 9.47 Å². The topological polar surface area (TPSA) is 65.7 Å². The summed E-state index contributed by atoms with van der Waals surface area (Å²) in [6, 6.07) is 13.4. The van der Waals surface area contributed by atoms with Crippen molar-refractivity contribution in [1.29, 1.82) is 0 Å². The molecule has 0 aliphatic rings. The van der Waals surface area contributed by atoms with Gasteiger partial charge in [0.05, 0.1) is 24.2 Å². The maximum atomic E-state index is 14.0. The van der Waals surface area contributed by atoms with Gasteiger partial charge in [-0.25, -0.2) is 9.37 Å². The third-order valence-corrected chi connectivity index (χ3v) is 7.30. The zero-order valence-electron chi connectivity index (χ0n) is 19.6. The van der Waals surface area contributed by atoms with Crippen molar-refractivity contribution < 1.29 is 13.9 Å². The van der Waals surface area contributed by atoms with Crippen molar-refractivity contribution >= 4 is 60.6 Å². The van der Waals surface area contributed by atoms with Crippen LogP contribution in [-0.4, -0.2) is 23.0 Å². The van der Waals surface area contributed by atoms with Gasteiger partial charge in [-0.05, 0) is 46.3 Å². The molecule has 0 radical (unpaired) electrons. The third kappa shape index (κ3) is 5.33. The molecule has 0 bridgehead atoms. The lowest BCUT2D eigenvalue weighted by atomic mass is 10.2. The van der Waals surface area contributed by atoms with Gasteiger partial charge in [0, 0.05) is 26.0 Å². The molecule has 186 valence electrons. The summed E-state index contributed by atoms with van der Waals surface area (Å²) in [5.74, 6) is 0.670. The highest BCUT2D eigenvalue weighted by atomic mass is 79.9. The van der Waals surface area contributed by atoms with Crippen LogP contribution in [0.3, 0.4) is 0 Å². The fourth-order valence-electron chi connectivity index (χ4n) is 3.52. The van der Waals surface area contributed by atoms with Crippen LogP contribution in [-0.2, 0) is 6.61 Å². The van der Waals surface area contributed by atoms with Crippen LogP contribution in [0.2, 0.25) is 5.02 Å². The number of ether oxygens (including phenoxy) is 2. The van der Waals surface area contributed by atoms with Gasteiger partial charge in [0.15, 0.2) is 11.5 Å². The summed E-state index contributed by atoms with van der Waals surface area (Å²) in [5.41, 5.74) is 1.24. The monoisotopic (exact) mass is 635 g/mol. The molecular weight excluding hydrogens is 617 g/mol. The Kier molecular flexibility index (Phi) is 8.12. The molecule has 6 nitrogen and oxygen atoms in total. The van der Waals surface area contributed by atoms with Crippen LogP contribution in [0.4, 0.5) is 4.39 Å². The SMILES string of the molecule is COc1cc(C=Nn2c(C(C)C)nc3ccc(Br)cc3c2=O)c(Br)c(Cl)c1OCc1ccccc1F. The Bertz CT molecular complexity index is 1540. The predicted octanol–water partition coefficient (Wildman–Crippen LogP) is 7.31. The van der Waals surface area contributed by atoms with Crippen LogP contribution in [0.25, 0.3) is 10.9 Å². The molecule has 4 aromatic rings. The van der Waals surface area contributed by atoms with E-state index < -0.39 is 0 Å². The summed E-state index contributed by atoms with van der Waals surface area (Å²) in [5, 5.41) is 5.12. The van der Waals surface area contributed by atoms with E-state index in [1.54, 1.807) is 36.4 Å². The molecule has 0 saturated heterocycles. The molecule has 0 unspecified atom stereocenters. The molecule has 0 aliphatic carbocycles. The molecule has 0 N–H and O–H groups in total. The van der Waals surface area contributed by atoms with Crippen molar-refractivity contribution in [1.82, 2.24) is 9.66 Å². The average molecular weight is 638 g/mol. The highest BCUT2D eigenvalue weighted by Crippen LogP contribution is 2.42. The number of methoxy groups -OCH3 is 1. The van der Waals surface area contributed by atoms with E-state index in [4.69, 9.17) is 21.1 Å². The van der Waals surface area contributed by atoms with Gasteiger partial charge in [-0.1, -0.05) is 59.6 Å². The minimum atomic E-state index is -0.377. The van der Waals surface area contributed by atoms with E-state index in [9.17, 15) is 9.18 Å².